The number of esters is 1. The molecule has 1 aliphatic heterocycles. The Morgan fingerprint density at radius 2 is 1.89 bits per heavy atom. The Labute approximate surface area is 168 Å². The van der Waals surface area contributed by atoms with Gasteiger partial charge in [0.05, 0.1) is 18.1 Å². The maximum absolute atomic E-state index is 12.9. The van der Waals surface area contributed by atoms with Crippen LogP contribution in [0.15, 0.2) is 76.5 Å². The summed E-state index contributed by atoms with van der Waals surface area (Å²) in [5, 5.41) is 9.73. The average molecular weight is 392 g/mol. The number of nitrogens with two attached hydrogens (primary N) is 1. The van der Waals surface area contributed by atoms with Gasteiger partial charge in [-0.05, 0) is 30.9 Å². The third-order valence-corrected chi connectivity index (χ3v) is 5.14. The maximum atomic E-state index is 12.9. The Morgan fingerprint density at radius 1 is 1.21 bits per heavy atom. The molecule has 2 N–H and O–H groups in total. The summed E-state index contributed by atoms with van der Waals surface area (Å²) < 4.78 is 11.1. The van der Waals surface area contributed by atoms with Crippen LogP contribution in [0.25, 0.3) is 5.76 Å². The summed E-state index contributed by atoms with van der Waals surface area (Å²) >= 11 is 1.61. The van der Waals surface area contributed by atoms with Gasteiger partial charge in [-0.15, -0.1) is 11.8 Å². The fraction of sp³-hybridized carbons (Fsp3) is 0.182. The first-order chi connectivity index (χ1) is 13.6. The van der Waals surface area contributed by atoms with Gasteiger partial charge in [0.15, 0.2) is 0 Å². The zero-order valence-corrected chi connectivity index (χ0v) is 16.5. The van der Waals surface area contributed by atoms with E-state index in [2.05, 4.69) is 6.07 Å². The van der Waals surface area contributed by atoms with Crippen molar-refractivity contribution in [1.82, 2.24) is 0 Å². The quantitative estimate of drug-likeness (QED) is 0.607. The Hall–Kier alpha value is -3.17. The summed E-state index contributed by atoms with van der Waals surface area (Å²) in [5.41, 5.74) is 8.02. The largest absolute Gasteiger partial charge is 0.463 e. The lowest BCUT2D eigenvalue weighted by Gasteiger charge is -2.28. The number of allylic oxidation sites excluding steroid dienone is 1. The summed E-state index contributed by atoms with van der Waals surface area (Å²) in [6.45, 7) is 1.95. The molecule has 2 aromatic rings. The molecule has 0 saturated heterocycles. The summed E-state index contributed by atoms with van der Waals surface area (Å²) in [4.78, 5) is 14.0. The highest BCUT2D eigenvalue weighted by Gasteiger charge is 2.38. The highest BCUT2D eigenvalue weighted by Crippen LogP contribution is 2.43. The molecule has 2 aromatic carbocycles. The van der Waals surface area contributed by atoms with E-state index in [1.807, 2.05) is 60.9 Å². The summed E-state index contributed by atoms with van der Waals surface area (Å²) in [6, 6.07) is 19.0. The number of carbonyl (C=O) groups is 1. The monoisotopic (exact) mass is 392 g/mol. The van der Waals surface area contributed by atoms with Crippen LogP contribution in [0.3, 0.4) is 0 Å². The predicted molar refractivity (Wildman–Crippen MR) is 109 cm³/mol. The predicted octanol–water partition coefficient (Wildman–Crippen LogP) is 4.19. The van der Waals surface area contributed by atoms with Crippen LogP contribution < -0.4 is 5.73 Å². The molecule has 0 saturated carbocycles. The van der Waals surface area contributed by atoms with Gasteiger partial charge in [-0.1, -0.05) is 42.5 Å². The molecule has 3 rings (SSSR count). The van der Waals surface area contributed by atoms with Crippen LogP contribution in [0, 0.1) is 11.3 Å². The minimum absolute atomic E-state index is 0.00616. The molecule has 1 heterocycles. The second kappa shape index (κ2) is 8.68. The molecular weight excluding hydrogens is 372 g/mol. The van der Waals surface area contributed by atoms with Crippen LogP contribution in [0.2, 0.25) is 0 Å². The van der Waals surface area contributed by atoms with Crippen LogP contribution in [0.1, 0.15) is 24.0 Å². The highest BCUT2D eigenvalue weighted by molar-refractivity contribution is 7.98. The molecule has 0 amide bonds. The lowest BCUT2D eigenvalue weighted by molar-refractivity contribution is -0.138. The Morgan fingerprint density at radius 3 is 2.46 bits per heavy atom. The minimum Gasteiger partial charge on any atom is -0.463 e. The molecule has 0 spiro atoms. The van der Waals surface area contributed by atoms with E-state index in [1.165, 1.54) is 0 Å². The van der Waals surface area contributed by atoms with Crippen molar-refractivity contribution in [3.05, 3.63) is 82.8 Å². The van der Waals surface area contributed by atoms with Gasteiger partial charge in [0, 0.05) is 10.5 Å². The van der Waals surface area contributed by atoms with Crippen molar-refractivity contribution in [2.45, 2.75) is 17.7 Å². The number of hydrogen-bond donors (Lipinski definition) is 1. The second-order valence-corrected chi connectivity index (χ2v) is 6.91. The first-order valence-corrected chi connectivity index (χ1v) is 10.0. The number of benzene rings is 2. The zero-order chi connectivity index (χ0) is 20.1. The van der Waals surface area contributed by atoms with Crippen molar-refractivity contribution in [3.63, 3.8) is 0 Å². The Balaban J connectivity index is 2.24. The van der Waals surface area contributed by atoms with Crippen molar-refractivity contribution in [2.24, 2.45) is 5.73 Å². The topological polar surface area (TPSA) is 85.3 Å². The number of carbonyl (C=O) groups excluding carboxylic acids is 1. The molecule has 0 bridgehead atoms. The number of rotatable bonds is 5. The van der Waals surface area contributed by atoms with Crippen LogP contribution in [0.5, 0.6) is 0 Å². The molecule has 0 aliphatic carbocycles. The van der Waals surface area contributed by atoms with Gasteiger partial charge in [-0.25, -0.2) is 4.79 Å². The average Bonchev–Trinajstić information content (AvgIpc) is 2.73. The lowest BCUT2D eigenvalue weighted by Crippen LogP contribution is -2.25. The number of thioether (sulfide) groups is 1. The molecule has 1 unspecified atom stereocenters. The van der Waals surface area contributed by atoms with E-state index < -0.39 is 11.9 Å². The van der Waals surface area contributed by atoms with Gasteiger partial charge in [0.25, 0.3) is 0 Å². The summed E-state index contributed by atoms with van der Waals surface area (Å²) in [5.74, 6) is -0.882. The molecule has 1 aliphatic rings. The van der Waals surface area contributed by atoms with E-state index in [0.717, 1.165) is 10.5 Å². The SMILES string of the molecule is CCOC(=O)C1=C(c2ccccc2)OC(N)=C(C#N)C1c1ccc(SC)cc1. The van der Waals surface area contributed by atoms with E-state index in [4.69, 9.17) is 15.2 Å². The third-order valence-electron chi connectivity index (χ3n) is 4.40. The van der Waals surface area contributed by atoms with Crippen LogP contribution >= 0.6 is 11.8 Å². The van der Waals surface area contributed by atoms with Crippen molar-refractivity contribution >= 4 is 23.5 Å². The van der Waals surface area contributed by atoms with Gasteiger partial charge < -0.3 is 15.2 Å². The third kappa shape index (κ3) is 3.75. The van der Waals surface area contributed by atoms with Gasteiger partial charge in [0.1, 0.15) is 17.4 Å². The summed E-state index contributed by atoms with van der Waals surface area (Å²) in [7, 11) is 0. The minimum atomic E-state index is -0.663. The molecule has 0 fully saturated rings. The fourth-order valence-corrected chi connectivity index (χ4v) is 3.52. The first kappa shape index (κ1) is 19.6. The molecule has 142 valence electrons. The maximum Gasteiger partial charge on any atom is 0.338 e. The normalized spacial score (nSPS) is 16.4. The second-order valence-electron chi connectivity index (χ2n) is 6.03. The van der Waals surface area contributed by atoms with E-state index >= 15 is 0 Å². The molecule has 5 nitrogen and oxygen atoms in total. The number of nitrogens with zero attached hydrogens (tertiary/aromatic N) is 1. The van der Waals surface area contributed by atoms with Gasteiger partial charge >= 0.3 is 5.97 Å². The van der Waals surface area contributed by atoms with Crippen molar-refractivity contribution in [2.75, 3.05) is 12.9 Å². The van der Waals surface area contributed by atoms with E-state index in [1.54, 1.807) is 18.7 Å². The molecular formula is C22H20N2O3S. The van der Waals surface area contributed by atoms with Gasteiger partial charge in [0.2, 0.25) is 5.88 Å². The first-order valence-electron chi connectivity index (χ1n) is 8.79. The smallest absolute Gasteiger partial charge is 0.338 e. The number of ether oxygens (including phenoxy) is 2. The molecule has 6 heteroatoms. The fourth-order valence-electron chi connectivity index (χ4n) is 3.11. The van der Waals surface area contributed by atoms with E-state index in [0.29, 0.717) is 11.3 Å². The molecule has 0 aromatic heterocycles. The summed E-state index contributed by atoms with van der Waals surface area (Å²) in [6.07, 6.45) is 1.99. The van der Waals surface area contributed by atoms with Crippen molar-refractivity contribution < 1.29 is 14.3 Å². The van der Waals surface area contributed by atoms with E-state index in [-0.39, 0.29) is 23.6 Å². The van der Waals surface area contributed by atoms with E-state index in [9.17, 15) is 10.1 Å². The van der Waals surface area contributed by atoms with Crippen molar-refractivity contribution in [3.8, 4) is 6.07 Å². The molecule has 0 radical (unpaired) electrons. The lowest BCUT2D eigenvalue weighted by atomic mass is 9.82. The van der Waals surface area contributed by atoms with Crippen molar-refractivity contribution in [1.29, 1.82) is 5.26 Å². The zero-order valence-electron chi connectivity index (χ0n) is 15.6. The molecule has 1 atom stereocenters. The molecule has 28 heavy (non-hydrogen) atoms. The van der Waals surface area contributed by atoms with Crippen LogP contribution in [-0.4, -0.2) is 18.8 Å². The number of hydrogen-bond acceptors (Lipinski definition) is 6. The van der Waals surface area contributed by atoms with Crippen LogP contribution in [-0.2, 0) is 14.3 Å². The highest BCUT2D eigenvalue weighted by atomic mass is 32.2. The Bertz CT molecular complexity index is 973. The number of nitriles is 1. The standard InChI is InChI=1S/C22H20N2O3S/c1-3-26-22(25)19-18(14-9-11-16(28-2)12-10-14)17(13-23)21(24)27-20(19)15-7-5-4-6-8-15/h4-12,18H,3,24H2,1-2H3. The van der Waals surface area contributed by atoms with Gasteiger partial charge in [-0.3, -0.25) is 0 Å². The van der Waals surface area contributed by atoms with Gasteiger partial charge in [-0.2, -0.15) is 5.26 Å². The Kier molecular flexibility index (Phi) is 6.07. The van der Waals surface area contributed by atoms with Crippen LogP contribution in [0.4, 0.5) is 0 Å².